The van der Waals surface area contributed by atoms with Crippen LogP contribution in [0, 0.1) is 0 Å². The summed E-state index contributed by atoms with van der Waals surface area (Å²) in [6, 6.07) is 8.55. The Labute approximate surface area is 105 Å². The van der Waals surface area contributed by atoms with Crippen molar-refractivity contribution < 1.29 is 4.74 Å². The summed E-state index contributed by atoms with van der Waals surface area (Å²) in [7, 11) is 0. The number of hydrogen-bond acceptors (Lipinski definition) is 2. The van der Waals surface area contributed by atoms with Gasteiger partial charge in [0, 0.05) is 11.6 Å². The molecule has 1 aromatic carbocycles. The average Bonchev–Trinajstić information content (AvgIpc) is 2.32. The Morgan fingerprint density at radius 3 is 2.71 bits per heavy atom. The van der Waals surface area contributed by atoms with Gasteiger partial charge in [0.1, 0.15) is 5.75 Å². The molecule has 0 spiro atoms. The molecule has 0 amide bonds. The van der Waals surface area contributed by atoms with Crippen LogP contribution < -0.4 is 10.1 Å². The molecule has 2 heteroatoms. The summed E-state index contributed by atoms with van der Waals surface area (Å²) in [6.07, 6.45) is 2.19. The summed E-state index contributed by atoms with van der Waals surface area (Å²) in [4.78, 5) is 0. The van der Waals surface area contributed by atoms with E-state index in [1.165, 1.54) is 5.57 Å². The number of para-hydroxylation sites is 1. The second kappa shape index (κ2) is 7.13. The van der Waals surface area contributed by atoms with Crippen LogP contribution in [0.2, 0.25) is 0 Å². The first-order chi connectivity index (χ1) is 8.19. The van der Waals surface area contributed by atoms with Gasteiger partial charge in [0.05, 0.1) is 6.61 Å². The highest BCUT2D eigenvalue weighted by Crippen LogP contribution is 2.21. The van der Waals surface area contributed by atoms with Crippen LogP contribution in [0.25, 0.3) is 6.08 Å². The largest absolute Gasteiger partial charge is 0.493 e. The minimum absolute atomic E-state index is 0.398. The van der Waals surface area contributed by atoms with Gasteiger partial charge in [-0.25, -0.2) is 0 Å². The topological polar surface area (TPSA) is 21.3 Å². The average molecular weight is 233 g/mol. The molecule has 0 saturated carbocycles. The molecule has 1 atom stereocenters. The number of nitrogens with one attached hydrogen (secondary N) is 1. The second-order valence-corrected chi connectivity index (χ2v) is 4.14. The fraction of sp³-hybridized carbons (Fsp3) is 0.467. The van der Waals surface area contributed by atoms with E-state index in [1.807, 2.05) is 25.1 Å². The summed E-state index contributed by atoms with van der Waals surface area (Å²) in [6.45, 7) is 10.1. The standard InChI is InChI=1S/C15H23NO/c1-5-16-13(4)12(3)11-14-9-7-8-10-15(14)17-6-2/h7-11,13,16H,5-6H2,1-4H3/b12-11+. The van der Waals surface area contributed by atoms with Gasteiger partial charge in [0.25, 0.3) is 0 Å². The Morgan fingerprint density at radius 1 is 1.35 bits per heavy atom. The minimum atomic E-state index is 0.398. The predicted molar refractivity (Wildman–Crippen MR) is 74.4 cm³/mol. The molecule has 2 nitrogen and oxygen atoms in total. The van der Waals surface area contributed by atoms with Crippen LogP contribution in [0.3, 0.4) is 0 Å². The molecule has 0 fully saturated rings. The Bertz CT molecular complexity index is 371. The van der Waals surface area contributed by atoms with E-state index >= 15 is 0 Å². The maximum atomic E-state index is 5.61. The number of hydrogen-bond donors (Lipinski definition) is 1. The zero-order valence-electron chi connectivity index (χ0n) is 11.3. The molecule has 0 aromatic heterocycles. The van der Waals surface area contributed by atoms with Crippen molar-refractivity contribution in [2.45, 2.75) is 33.7 Å². The number of ether oxygens (including phenoxy) is 1. The molecular formula is C15H23NO. The van der Waals surface area contributed by atoms with Crippen LogP contribution in [-0.2, 0) is 0 Å². The molecule has 0 radical (unpaired) electrons. The number of likely N-dealkylation sites (N-methyl/N-ethyl adjacent to an activating group) is 1. The van der Waals surface area contributed by atoms with Crippen molar-refractivity contribution >= 4 is 6.08 Å². The van der Waals surface area contributed by atoms with Gasteiger partial charge < -0.3 is 10.1 Å². The summed E-state index contributed by atoms with van der Waals surface area (Å²) in [5, 5.41) is 3.41. The monoisotopic (exact) mass is 233 g/mol. The first kappa shape index (κ1) is 13.8. The van der Waals surface area contributed by atoms with Crippen molar-refractivity contribution in [2.75, 3.05) is 13.2 Å². The van der Waals surface area contributed by atoms with E-state index in [9.17, 15) is 0 Å². The molecule has 17 heavy (non-hydrogen) atoms. The van der Waals surface area contributed by atoms with E-state index in [1.54, 1.807) is 0 Å². The van der Waals surface area contributed by atoms with E-state index < -0.39 is 0 Å². The van der Waals surface area contributed by atoms with E-state index in [4.69, 9.17) is 4.74 Å². The fourth-order valence-electron chi connectivity index (χ4n) is 1.72. The Hall–Kier alpha value is -1.28. The molecule has 0 heterocycles. The van der Waals surface area contributed by atoms with Crippen molar-refractivity contribution in [3.8, 4) is 5.75 Å². The maximum Gasteiger partial charge on any atom is 0.126 e. The van der Waals surface area contributed by atoms with Crippen LogP contribution in [-0.4, -0.2) is 19.2 Å². The summed E-state index contributed by atoms with van der Waals surface area (Å²) >= 11 is 0. The van der Waals surface area contributed by atoms with E-state index in [0.29, 0.717) is 12.6 Å². The van der Waals surface area contributed by atoms with Gasteiger partial charge >= 0.3 is 0 Å². The van der Waals surface area contributed by atoms with Gasteiger partial charge in [-0.2, -0.15) is 0 Å². The van der Waals surface area contributed by atoms with Crippen LogP contribution in [0.15, 0.2) is 29.8 Å². The number of benzene rings is 1. The molecule has 1 aromatic rings. The lowest BCUT2D eigenvalue weighted by Gasteiger charge is -2.14. The highest BCUT2D eigenvalue weighted by atomic mass is 16.5. The smallest absolute Gasteiger partial charge is 0.126 e. The van der Waals surface area contributed by atoms with Crippen molar-refractivity contribution in [1.29, 1.82) is 0 Å². The van der Waals surface area contributed by atoms with Crippen molar-refractivity contribution in [3.05, 3.63) is 35.4 Å². The lowest BCUT2D eigenvalue weighted by atomic mass is 10.1. The summed E-state index contributed by atoms with van der Waals surface area (Å²) < 4.78 is 5.61. The molecule has 0 aliphatic carbocycles. The molecule has 0 bridgehead atoms. The molecule has 0 saturated heterocycles. The number of rotatable bonds is 6. The first-order valence-electron chi connectivity index (χ1n) is 6.32. The quantitative estimate of drug-likeness (QED) is 0.812. The van der Waals surface area contributed by atoms with Crippen LogP contribution in [0.5, 0.6) is 5.75 Å². The molecule has 1 N–H and O–H groups in total. The van der Waals surface area contributed by atoms with Crippen molar-refractivity contribution in [3.63, 3.8) is 0 Å². The third kappa shape index (κ3) is 4.23. The van der Waals surface area contributed by atoms with Crippen LogP contribution in [0.4, 0.5) is 0 Å². The highest BCUT2D eigenvalue weighted by molar-refractivity contribution is 5.60. The van der Waals surface area contributed by atoms with Crippen LogP contribution >= 0.6 is 0 Å². The predicted octanol–water partition coefficient (Wildman–Crippen LogP) is 3.49. The lowest BCUT2D eigenvalue weighted by molar-refractivity contribution is 0.339. The van der Waals surface area contributed by atoms with Gasteiger partial charge in [-0.1, -0.05) is 36.8 Å². The first-order valence-corrected chi connectivity index (χ1v) is 6.32. The molecule has 0 aliphatic rings. The minimum Gasteiger partial charge on any atom is -0.493 e. The molecule has 0 aliphatic heterocycles. The molecule has 1 rings (SSSR count). The molecule has 1 unspecified atom stereocenters. The van der Waals surface area contributed by atoms with Crippen LogP contribution in [0.1, 0.15) is 33.3 Å². The summed E-state index contributed by atoms with van der Waals surface area (Å²) in [5.74, 6) is 0.957. The van der Waals surface area contributed by atoms with E-state index in [0.717, 1.165) is 17.9 Å². The molecular weight excluding hydrogens is 210 g/mol. The van der Waals surface area contributed by atoms with Gasteiger partial charge in [-0.15, -0.1) is 0 Å². The van der Waals surface area contributed by atoms with Crippen molar-refractivity contribution in [1.82, 2.24) is 5.32 Å². The third-order valence-corrected chi connectivity index (χ3v) is 2.80. The fourth-order valence-corrected chi connectivity index (χ4v) is 1.72. The summed E-state index contributed by atoms with van der Waals surface area (Å²) in [5.41, 5.74) is 2.47. The van der Waals surface area contributed by atoms with Gasteiger partial charge in [0.15, 0.2) is 0 Å². The highest BCUT2D eigenvalue weighted by Gasteiger charge is 2.04. The lowest BCUT2D eigenvalue weighted by Crippen LogP contribution is -2.26. The van der Waals surface area contributed by atoms with Crippen molar-refractivity contribution in [2.24, 2.45) is 0 Å². The maximum absolute atomic E-state index is 5.61. The normalized spacial score (nSPS) is 13.5. The molecule has 94 valence electrons. The second-order valence-electron chi connectivity index (χ2n) is 4.14. The van der Waals surface area contributed by atoms with Gasteiger partial charge in [-0.05, 0) is 33.4 Å². The zero-order chi connectivity index (χ0) is 12.7. The van der Waals surface area contributed by atoms with Gasteiger partial charge in [0.2, 0.25) is 0 Å². The van der Waals surface area contributed by atoms with E-state index in [-0.39, 0.29) is 0 Å². The Kier molecular flexibility index (Phi) is 5.78. The SMILES string of the molecule is CCNC(C)/C(C)=C/c1ccccc1OCC. The Balaban J connectivity index is 2.88. The zero-order valence-corrected chi connectivity index (χ0v) is 11.3. The van der Waals surface area contributed by atoms with Gasteiger partial charge in [-0.3, -0.25) is 0 Å². The van der Waals surface area contributed by atoms with E-state index in [2.05, 4.69) is 38.2 Å². The Morgan fingerprint density at radius 2 is 2.06 bits per heavy atom. The third-order valence-electron chi connectivity index (χ3n) is 2.80.